The summed E-state index contributed by atoms with van der Waals surface area (Å²) in [7, 11) is 0. The van der Waals surface area contributed by atoms with Crippen LogP contribution in [0.4, 0.5) is 5.69 Å². The minimum Gasteiger partial charge on any atom is -0.331 e. The summed E-state index contributed by atoms with van der Waals surface area (Å²) < 4.78 is 0. The van der Waals surface area contributed by atoms with Crippen LogP contribution in [0.3, 0.4) is 0 Å². The van der Waals surface area contributed by atoms with Crippen LogP contribution in [0.1, 0.15) is 47.8 Å². The van der Waals surface area contributed by atoms with Crippen molar-refractivity contribution in [2.75, 3.05) is 5.32 Å². The van der Waals surface area contributed by atoms with E-state index >= 15 is 0 Å². The molecule has 0 aliphatic rings. The van der Waals surface area contributed by atoms with E-state index in [1.54, 1.807) is 0 Å². The Morgan fingerprint density at radius 3 is 2.20 bits per heavy atom. The van der Waals surface area contributed by atoms with E-state index in [-0.39, 0.29) is 11.3 Å². The van der Waals surface area contributed by atoms with Gasteiger partial charge in [-0.25, -0.2) is 0 Å². The number of hydrogen-bond acceptors (Lipinski definition) is 2. The van der Waals surface area contributed by atoms with Gasteiger partial charge in [0.05, 0.1) is 0 Å². The SMILES string of the molecule is Cc1ccc(C)c(NC(=S)NNC(=O)c2ccc(C(C)(C)C)cc2)c1. The lowest BCUT2D eigenvalue weighted by molar-refractivity contribution is 0.0944. The lowest BCUT2D eigenvalue weighted by Crippen LogP contribution is -2.43. The van der Waals surface area contributed by atoms with E-state index in [4.69, 9.17) is 12.2 Å². The number of nitrogens with one attached hydrogen (secondary N) is 3. The normalized spacial score (nSPS) is 10.9. The van der Waals surface area contributed by atoms with Crippen LogP contribution < -0.4 is 16.2 Å². The highest BCUT2D eigenvalue weighted by molar-refractivity contribution is 7.80. The van der Waals surface area contributed by atoms with Crippen LogP contribution in [0.2, 0.25) is 0 Å². The van der Waals surface area contributed by atoms with E-state index in [9.17, 15) is 4.79 Å². The summed E-state index contributed by atoms with van der Waals surface area (Å²) in [5, 5.41) is 3.43. The quantitative estimate of drug-likeness (QED) is 0.557. The van der Waals surface area contributed by atoms with Gasteiger partial charge in [0.15, 0.2) is 5.11 Å². The van der Waals surface area contributed by atoms with Crippen molar-refractivity contribution in [3.63, 3.8) is 0 Å². The summed E-state index contributed by atoms with van der Waals surface area (Å²) in [5.41, 5.74) is 10.3. The van der Waals surface area contributed by atoms with Crippen LogP contribution in [0.5, 0.6) is 0 Å². The Hall–Kier alpha value is -2.40. The molecule has 0 heterocycles. The minimum absolute atomic E-state index is 0.0599. The van der Waals surface area contributed by atoms with Crippen molar-refractivity contribution >= 4 is 28.9 Å². The molecule has 1 amide bonds. The lowest BCUT2D eigenvalue weighted by atomic mass is 9.87. The number of benzene rings is 2. The van der Waals surface area contributed by atoms with Gasteiger partial charge in [-0.05, 0) is 66.4 Å². The number of anilines is 1. The van der Waals surface area contributed by atoms with Crippen molar-refractivity contribution in [2.24, 2.45) is 0 Å². The maximum atomic E-state index is 12.2. The average molecular weight is 356 g/mol. The first-order chi connectivity index (χ1) is 11.7. The molecule has 5 heteroatoms. The zero-order chi connectivity index (χ0) is 18.6. The van der Waals surface area contributed by atoms with Gasteiger partial charge in [-0.2, -0.15) is 0 Å². The van der Waals surface area contributed by atoms with Gasteiger partial charge in [0.25, 0.3) is 5.91 Å². The average Bonchev–Trinajstić information content (AvgIpc) is 2.55. The van der Waals surface area contributed by atoms with Crippen molar-refractivity contribution in [2.45, 2.75) is 40.0 Å². The molecule has 25 heavy (non-hydrogen) atoms. The second kappa shape index (κ2) is 7.66. The Bertz CT molecular complexity index is 777. The van der Waals surface area contributed by atoms with Crippen LogP contribution >= 0.6 is 12.2 Å². The van der Waals surface area contributed by atoms with Gasteiger partial charge < -0.3 is 5.32 Å². The van der Waals surface area contributed by atoms with Crippen molar-refractivity contribution in [3.05, 3.63) is 64.7 Å². The molecule has 0 aromatic heterocycles. The smallest absolute Gasteiger partial charge is 0.269 e. The van der Waals surface area contributed by atoms with E-state index < -0.39 is 0 Å². The van der Waals surface area contributed by atoms with Crippen LogP contribution in [0.25, 0.3) is 0 Å². The van der Waals surface area contributed by atoms with Crippen LogP contribution in [-0.2, 0) is 5.41 Å². The molecule has 0 saturated heterocycles. The molecule has 2 aromatic carbocycles. The van der Waals surface area contributed by atoms with E-state index in [0.29, 0.717) is 10.7 Å². The van der Waals surface area contributed by atoms with Crippen molar-refractivity contribution in [1.29, 1.82) is 0 Å². The third-order valence-corrected chi connectivity index (χ3v) is 4.15. The molecule has 0 aliphatic heterocycles. The second-order valence-electron chi connectivity index (χ2n) is 7.18. The Morgan fingerprint density at radius 1 is 0.960 bits per heavy atom. The fourth-order valence-electron chi connectivity index (χ4n) is 2.33. The fraction of sp³-hybridized carbons (Fsp3) is 0.300. The number of thiocarbonyl (C=S) groups is 1. The van der Waals surface area contributed by atoms with Gasteiger partial charge in [0.2, 0.25) is 0 Å². The Morgan fingerprint density at radius 2 is 1.60 bits per heavy atom. The van der Waals surface area contributed by atoms with Crippen molar-refractivity contribution in [3.8, 4) is 0 Å². The molecule has 3 N–H and O–H groups in total. The summed E-state index contributed by atoms with van der Waals surface area (Å²) in [5.74, 6) is -0.231. The monoisotopic (exact) mass is 355 g/mol. The van der Waals surface area contributed by atoms with Gasteiger partial charge >= 0.3 is 0 Å². The fourth-order valence-corrected chi connectivity index (χ4v) is 2.49. The van der Waals surface area contributed by atoms with E-state index in [2.05, 4.69) is 36.9 Å². The number of carbonyl (C=O) groups excluding carboxylic acids is 1. The largest absolute Gasteiger partial charge is 0.331 e. The summed E-state index contributed by atoms with van der Waals surface area (Å²) >= 11 is 5.24. The molecule has 2 rings (SSSR count). The molecule has 0 aliphatic carbocycles. The first-order valence-electron chi connectivity index (χ1n) is 8.22. The van der Waals surface area contributed by atoms with E-state index in [1.165, 1.54) is 5.56 Å². The number of amides is 1. The number of hydrazine groups is 1. The van der Waals surface area contributed by atoms with Gasteiger partial charge in [0.1, 0.15) is 0 Å². The predicted molar refractivity (Wildman–Crippen MR) is 108 cm³/mol. The molecule has 0 fully saturated rings. The first kappa shape index (κ1) is 18.9. The maximum Gasteiger partial charge on any atom is 0.269 e. The topological polar surface area (TPSA) is 53.2 Å². The highest BCUT2D eigenvalue weighted by Crippen LogP contribution is 2.22. The summed E-state index contributed by atoms with van der Waals surface area (Å²) in [6.45, 7) is 10.4. The third kappa shape index (κ3) is 5.29. The maximum absolute atomic E-state index is 12.2. The molecular formula is C20H25N3OS. The molecule has 0 atom stereocenters. The number of hydrogen-bond donors (Lipinski definition) is 3. The number of aryl methyl sites for hydroxylation is 2. The molecule has 0 spiro atoms. The van der Waals surface area contributed by atoms with E-state index in [0.717, 1.165) is 16.8 Å². The molecule has 0 bridgehead atoms. The Balaban J connectivity index is 1.93. The second-order valence-corrected chi connectivity index (χ2v) is 7.59. The molecule has 132 valence electrons. The molecule has 2 aromatic rings. The number of carbonyl (C=O) groups is 1. The zero-order valence-electron chi connectivity index (χ0n) is 15.4. The summed E-state index contributed by atoms with van der Waals surface area (Å²) in [4.78, 5) is 12.2. The summed E-state index contributed by atoms with van der Waals surface area (Å²) in [6, 6.07) is 13.7. The highest BCUT2D eigenvalue weighted by atomic mass is 32.1. The Labute approximate surface area is 155 Å². The predicted octanol–water partition coefficient (Wildman–Crippen LogP) is 4.23. The van der Waals surface area contributed by atoms with Crippen molar-refractivity contribution in [1.82, 2.24) is 10.9 Å². The molecule has 0 saturated carbocycles. The van der Waals surface area contributed by atoms with Crippen LogP contribution in [0.15, 0.2) is 42.5 Å². The molecule has 4 nitrogen and oxygen atoms in total. The standard InChI is InChI=1S/C20H25N3OS/c1-13-6-7-14(2)17(12-13)21-19(25)23-22-18(24)15-8-10-16(11-9-15)20(3,4)5/h6-12H,1-5H3,(H,22,24)(H2,21,23,25). The Kier molecular flexibility index (Phi) is 5.80. The van der Waals surface area contributed by atoms with Gasteiger partial charge in [-0.1, -0.05) is 45.0 Å². The lowest BCUT2D eigenvalue weighted by Gasteiger charge is -2.19. The third-order valence-electron chi connectivity index (χ3n) is 3.94. The highest BCUT2D eigenvalue weighted by Gasteiger charge is 2.14. The minimum atomic E-state index is -0.231. The van der Waals surface area contributed by atoms with Gasteiger partial charge in [-0.15, -0.1) is 0 Å². The molecule has 0 unspecified atom stereocenters. The van der Waals surface area contributed by atoms with Gasteiger partial charge in [0, 0.05) is 11.3 Å². The molecule has 0 radical (unpaired) electrons. The zero-order valence-corrected chi connectivity index (χ0v) is 16.2. The first-order valence-corrected chi connectivity index (χ1v) is 8.63. The summed E-state index contributed by atoms with van der Waals surface area (Å²) in [6.07, 6.45) is 0. The van der Waals surface area contributed by atoms with Crippen molar-refractivity contribution < 1.29 is 4.79 Å². The van der Waals surface area contributed by atoms with E-state index in [1.807, 2.05) is 56.3 Å². The number of rotatable bonds is 2. The van der Waals surface area contributed by atoms with Crippen LogP contribution in [-0.4, -0.2) is 11.0 Å². The molecular weight excluding hydrogens is 330 g/mol. The van der Waals surface area contributed by atoms with Crippen LogP contribution in [0, 0.1) is 13.8 Å². The van der Waals surface area contributed by atoms with Gasteiger partial charge in [-0.3, -0.25) is 15.6 Å².